The van der Waals surface area contributed by atoms with Gasteiger partial charge in [-0.2, -0.15) is 0 Å². The predicted molar refractivity (Wildman–Crippen MR) is 42.6 cm³/mol. The minimum atomic E-state index is -0.108. The van der Waals surface area contributed by atoms with Crippen molar-refractivity contribution in [3.8, 4) is 0 Å². The van der Waals surface area contributed by atoms with Crippen molar-refractivity contribution in [2.24, 2.45) is 0 Å². The van der Waals surface area contributed by atoms with Gasteiger partial charge in [0.25, 0.3) is 0 Å². The van der Waals surface area contributed by atoms with E-state index >= 15 is 0 Å². The largest absolute Gasteiger partial charge is 0.304 e. The molecule has 0 saturated carbocycles. The van der Waals surface area contributed by atoms with E-state index in [-0.39, 0.29) is 6.04 Å². The maximum Gasteiger partial charge on any atom is 0.216 e. The molecule has 0 aliphatic heterocycles. The lowest BCUT2D eigenvalue weighted by molar-refractivity contribution is 0.508. The van der Waals surface area contributed by atoms with Crippen LogP contribution in [-0.4, -0.2) is 18.9 Å². The Morgan fingerprint density at radius 3 is 2.90 bits per heavy atom. The molecule has 0 spiro atoms. The quantitative estimate of drug-likeness (QED) is 0.558. The summed E-state index contributed by atoms with van der Waals surface area (Å²) < 4.78 is 0. The lowest BCUT2D eigenvalue weighted by Crippen LogP contribution is -2.30. The van der Waals surface area contributed by atoms with Crippen molar-refractivity contribution in [3.05, 3.63) is 12.7 Å². The molecule has 1 atom stereocenters. The summed E-state index contributed by atoms with van der Waals surface area (Å²) in [6, 6.07) is -0.108. The number of nitrogens with one attached hydrogen (secondary N) is 1. The molecule has 0 amide bonds. The molecule has 1 radical (unpaired) electrons. The van der Waals surface area contributed by atoms with Gasteiger partial charge < -0.3 is 5.32 Å². The first-order chi connectivity index (χ1) is 4.85. The van der Waals surface area contributed by atoms with E-state index in [1.54, 1.807) is 6.08 Å². The van der Waals surface area contributed by atoms with Gasteiger partial charge in [-0.05, 0) is 6.42 Å². The molecule has 10 heavy (non-hydrogen) atoms. The summed E-state index contributed by atoms with van der Waals surface area (Å²) >= 11 is 0. The SMILES string of the molecule is C=CCN[C@H]([C]=O)CCC. The summed E-state index contributed by atoms with van der Waals surface area (Å²) in [7, 11) is 0. The molecule has 0 aromatic heterocycles. The minimum Gasteiger partial charge on any atom is -0.304 e. The lowest BCUT2D eigenvalue weighted by atomic mass is 10.2. The van der Waals surface area contributed by atoms with Crippen molar-refractivity contribution in [1.29, 1.82) is 0 Å². The Balaban J connectivity index is 3.38. The average molecular weight is 140 g/mol. The Morgan fingerprint density at radius 2 is 2.50 bits per heavy atom. The first-order valence-electron chi connectivity index (χ1n) is 3.57. The first kappa shape index (κ1) is 9.37. The fourth-order valence-electron chi connectivity index (χ4n) is 0.717. The Kier molecular flexibility index (Phi) is 6.08. The highest BCUT2D eigenvalue weighted by Gasteiger charge is 2.02. The number of carbonyl (C=O) groups excluding carboxylic acids is 1. The number of rotatable bonds is 6. The molecule has 0 fully saturated rings. The van der Waals surface area contributed by atoms with Gasteiger partial charge in [-0.3, -0.25) is 4.79 Å². The van der Waals surface area contributed by atoms with Crippen molar-refractivity contribution in [3.63, 3.8) is 0 Å². The summed E-state index contributed by atoms with van der Waals surface area (Å²) in [5, 5.41) is 2.98. The zero-order valence-corrected chi connectivity index (χ0v) is 6.39. The van der Waals surface area contributed by atoms with Crippen molar-refractivity contribution in [2.75, 3.05) is 6.54 Å². The standard InChI is InChI=1S/C8H14NO/c1-3-5-8(7-10)9-6-4-2/h4,8-9H,2-3,5-6H2,1H3/t8-/m0/s1. The van der Waals surface area contributed by atoms with Crippen LogP contribution in [0.25, 0.3) is 0 Å². The van der Waals surface area contributed by atoms with Crippen LogP contribution in [0.15, 0.2) is 12.7 Å². The summed E-state index contributed by atoms with van der Waals surface area (Å²) in [5.74, 6) is 0. The highest BCUT2D eigenvalue weighted by atomic mass is 16.1. The first-order valence-corrected chi connectivity index (χ1v) is 3.57. The van der Waals surface area contributed by atoms with Gasteiger partial charge in [0.05, 0.1) is 6.04 Å². The number of hydrogen-bond acceptors (Lipinski definition) is 2. The summed E-state index contributed by atoms with van der Waals surface area (Å²) in [6.45, 7) is 6.26. The molecule has 0 unspecified atom stereocenters. The summed E-state index contributed by atoms with van der Waals surface area (Å²) in [5.41, 5.74) is 0. The van der Waals surface area contributed by atoms with Crippen LogP contribution in [0.5, 0.6) is 0 Å². The molecule has 57 valence electrons. The van der Waals surface area contributed by atoms with Crippen molar-refractivity contribution in [2.45, 2.75) is 25.8 Å². The Hall–Kier alpha value is -0.630. The third kappa shape index (κ3) is 4.27. The zero-order valence-electron chi connectivity index (χ0n) is 6.39. The van der Waals surface area contributed by atoms with Crippen LogP contribution in [0.1, 0.15) is 19.8 Å². The second-order valence-corrected chi connectivity index (χ2v) is 2.16. The summed E-state index contributed by atoms with van der Waals surface area (Å²) in [4.78, 5) is 10.2. The smallest absolute Gasteiger partial charge is 0.216 e. The van der Waals surface area contributed by atoms with E-state index in [0.29, 0.717) is 6.54 Å². The molecule has 0 aliphatic carbocycles. The van der Waals surface area contributed by atoms with E-state index in [4.69, 9.17) is 0 Å². The molecule has 1 N–H and O–H groups in total. The molecule has 0 bridgehead atoms. The molecule has 0 aromatic carbocycles. The molecule has 2 nitrogen and oxygen atoms in total. The van der Waals surface area contributed by atoms with Gasteiger partial charge in [0.2, 0.25) is 6.29 Å². The van der Waals surface area contributed by atoms with Gasteiger partial charge in [-0.15, -0.1) is 6.58 Å². The summed E-state index contributed by atoms with van der Waals surface area (Å²) in [6.07, 6.45) is 5.53. The second-order valence-electron chi connectivity index (χ2n) is 2.16. The van der Waals surface area contributed by atoms with Gasteiger partial charge in [0.15, 0.2) is 0 Å². The highest BCUT2D eigenvalue weighted by Crippen LogP contribution is 1.91. The van der Waals surface area contributed by atoms with Gasteiger partial charge in [-0.1, -0.05) is 19.4 Å². The molecule has 0 saturated heterocycles. The van der Waals surface area contributed by atoms with Crippen LogP contribution in [0, 0.1) is 0 Å². The van der Waals surface area contributed by atoms with Gasteiger partial charge in [-0.25, -0.2) is 0 Å². The molecule has 0 heterocycles. The normalized spacial score (nSPS) is 12.5. The fourth-order valence-corrected chi connectivity index (χ4v) is 0.717. The molecule has 2 heteroatoms. The molecular formula is C8H14NO. The highest BCUT2D eigenvalue weighted by molar-refractivity contribution is 5.58. The predicted octanol–water partition coefficient (Wildman–Crippen LogP) is 1.04. The van der Waals surface area contributed by atoms with Crippen LogP contribution in [0.2, 0.25) is 0 Å². The maximum absolute atomic E-state index is 10.2. The average Bonchev–Trinajstić information content (AvgIpc) is 1.98. The fraction of sp³-hybridized carbons (Fsp3) is 0.625. The number of hydrogen-bond donors (Lipinski definition) is 1. The van der Waals surface area contributed by atoms with Crippen LogP contribution in [0.4, 0.5) is 0 Å². The van der Waals surface area contributed by atoms with E-state index in [1.165, 1.54) is 0 Å². The molecule has 0 aliphatic rings. The van der Waals surface area contributed by atoms with E-state index in [9.17, 15) is 4.79 Å². The van der Waals surface area contributed by atoms with E-state index < -0.39 is 0 Å². The third-order valence-corrected chi connectivity index (χ3v) is 1.23. The Bertz CT molecular complexity index is 101. The second kappa shape index (κ2) is 6.49. The zero-order chi connectivity index (χ0) is 7.82. The third-order valence-electron chi connectivity index (χ3n) is 1.23. The lowest BCUT2D eigenvalue weighted by Gasteiger charge is -2.06. The molecular weight excluding hydrogens is 126 g/mol. The Labute approximate surface area is 62.3 Å². The van der Waals surface area contributed by atoms with Crippen molar-refractivity contribution < 1.29 is 4.79 Å². The van der Waals surface area contributed by atoms with Gasteiger partial charge in [0, 0.05) is 6.54 Å². The van der Waals surface area contributed by atoms with Crippen LogP contribution in [0.3, 0.4) is 0 Å². The van der Waals surface area contributed by atoms with Crippen molar-refractivity contribution in [1.82, 2.24) is 5.32 Å². The monoisotopic (exact) mass is 140 g/mol. The minimum absolute atomic E-state index is 0.108. The molecule has 0 aromatic rings. The topological polar surface area (TPSA) is 29.1 Å². The van der Waals surface area contributed by atoms with Crippen LogP contribution in [-0.2, 0) is 4.79 Å². The van der Waals surface area contributed by atoms with Gasteiger partial charge in [0.1, 0.15) is 0 Å². The van der Waals surface area contributed by atoms with Crippen molar-refractivity contribution >= 4 is 6.29 Å². The van der Waals surface area contributed by atoms with E-state index in [0.717, 1.165) is 12.8 Å². The molecule has 0 rings (SSSR count). The van der Waals surface area contributed by atoms with E-state index in [1.807, 2.05) is 13.2 Å². The maximum atomic E-state index is 10.2. The Morgan fingerprint density at radius 1 is 1.80 bits per heavy atom. The van der Waals surface area contributed by atoms with E-state index in [2.05, 4.69) is 11.9 Å². The van der Waals surface area contributed by atoms with Crippen LogP contribution < -0.4 is 5.32 Å². The van der Waals surface area contributed by atoms with Gasteiger partial charge >= 0.3 is 0 Å². The van der Waals surface area contributed by atoms with Crippen LogP contribution >= 0.6 is 0 Å².